The van der Waals surface area contributed by atoms with E-state index in [1.165, 1.54) is 29.6 Å². The molecule has 0 spiro atoms. The number of rotatable bonds is 20. The maximum absolute atomic E-state index is 13.3. The van der Waals surface area contributed by atoms with Crippen LogP contribution in [-0.2, 0) is 30.3 Å². The molecule has 15 heteroatoms. The molecule has 0 unspecified atom stereocenters. The first kappa shape index (κ1) is 51.8. The minimum absolute atomic E-state index is 0.0614. The van der Waals surface area contributed by atoms with Gasteiger partial charge < -0.3 is 54.6 Å². The van der Waals surface area contributed by atoms with Crippen molar-refractivity contribution >= 4 is 34.8 Å². The zero-order valence-electron chi connectivity index (χ0n) is 37.6. The highest BCUT2D eigenvalue weighted by molar-refractivity contribution is 5.94. The average Bonchev–Trinajstić information content (AvgIpc) is 3.30. The minimum atomic E-state index is -0.523. The number of hydrazine groups is 1. The lowest BCUT2D eigenvalue weighted by molar-refractivity contribution is -0.130. The summed E-state index contributed by atoms with van der Waals surface area (Å²) in [5.74, 6) is 5.34. The Labute approximate surface area is 375 Å². The Balaban J connectivity index is 0.00000209. The molecule has 2 heterocycles. The van der Waals surface area contributed by atoms with E-state index >= 15 is 0 Å². The second kappa shape index (κ2) is 27.5. The van der Waals surface area contributed by atoms with Crippen molar-refractivity contribution in [1.29, 1.82) is 0 Å². The summed E-state index contributed by atoms with van der Waals surface area (Å²) in [5.41, 5.74) is 10.8. The van der Waals surface area contributed by atoms with Crippen LogP contribution < -0.4 is 22.3 Å². The van der Waals surface area contributed by atoms with Crippen LogP contribution in [0.4, 0.5) is 0 Å². The Morgan fingerprint density at radius 2 is 1.59 bits per heavy atom. The van der Waals surface area contributed by atoms with E-state index in [1.54, 1.807) is 41.3 Å². The van der Waals surface area contributed by atoms with Gasteiger partial charge in [-0.15, -0.1) is 0 Å². The molecule has 1 aromatic heterocycles. The minimum Gasteiger partial charge on any atom is -0.504 e. The van der Waals surface area contributed by atoms with Gasteiger partial charge in [0, 0.05) is 47.7 Å². The first-order valence-corrected chi connectivity index (χ1v) is 21.5. The Bertz CT molecular complexity index is 2320. The number of ether oxygens (including phenoxy) is 3. The molecule has 0 fully saturated rings. The Kier molecular flexibility index (Phi) is 22.3. The molecular formula is C49H63N5O10. The van der Waals surface area contributed by atoms with E-state index < -0.39 is 11.5 Å². The van der Waals surface area contributed by atoms with Gasteiger partial charge in [-0.1, -0.05) is 89.2 Å². The third-order valence-corrected chi connectivity index (χ3v) is 9.34. The van der Waals surface area contributed by atoms with E-state index in [4.69, 9.17) is 30.2 Å². The van der Waals surface area contributed by atoms with E-state index in [0.29, 0.717) is 66.8 Å². The SMILES string of the molecule is C=CC1=C(\C=C/C)N(C(=O)CCC=O)Cc2ccccc2/C(N(N)CCOCCOCCOCCNC(=O)c2ccc(-c3cc(=O)c4ccc(O)c(O)c4o3)cc2)=C\1N.CC.CCC. The topological polar surface area (TPSA) is 220 Å². The third-order valence-electron chi connectivity index (χ3n) is 9.34. The summed E-state index contributed by atoms with van der Waals surface area (Å²) in [5, 5.41) is 24.4. The van der Waals surface area contributed by atoms with Crippen LogP contribution in [0.1, 0.15) is 75.4 Å². The predicted molar refractivity (Wildman–Crippen MR) is 250 cm³/mol. The zero-order chi connectivity index (χ0) is 47.0. The molecule has 5 rings (SSSR count). The maximum Gasteiger partial charge on any atom is 0.251 e. The van der Waals surface area contributed by atoms with Crippen LogP contribution in [0.2, 0.25) is 0 Å². The van der Waals surface area contributed by atoms with Crippen molar-refractivity contribution in [2.45, 2.75) is 60.4 Å². The van der Waals surface area contributed by atoms with Crippen LogP contribution in [0.5, 0.6) is 11.5 Å². The molecule has 15 nitrogen and oxygen atoms in total. The van der Waals surface area contributed by atoms with Gasteiger partial charge in [0.25, 0.3) is 5.91 Å². The number of fused-ring (bicyclic) bond motifs is 2. The number of aldehydes is 1. The summed E-state index contributed by atoms with van der Waals surface area (Å²) in [4.78, 5) is 51.1. The normalized spacial score (nSPS) is 14.6. The van der Waals surface area contributed by atoms with E-state index in [1.807, 2.05) is 51.1 Å². The van der Waals surface area contributed by atoms with E-state index in [0.717, 1.165) is 17.4 Å². The number of allylic oxidation sites excluding steroid dienone is 3. The monoisotopic (exact) mass is 881 g/mol. The zero-order valence-corrected chi connectivity index (χ0v) is 37.6. The number of nitrogens with two attached hydrogens (primary N) is 2. The summed E-state index contributed by atoms with van der Waals surface area (Å²) in [7, 11) is 0. The number of amides is 2. The molecule has 0 radical (unpaired) electrons. The summed E-state index contributed by atoms with van der Waals surface area (Å²) < 4.78 is 22.7. The number of aromatic hydroxyl groups is 2. The van der Waals surface area contributed by atoms with Gasteiger partial charge in [0.2, 0.25) is 11.7 Å². The van der Waals surface area contributed by atoms with Gasteiger partial charge in [0.1, 0.15) is 12.0 Å². The summed E-state index contributed by atoms with van der Waals surface area (Å²) in [6.45, 7) is 16.7. The van der Waals surface area contributed by atoms with Gasteiger partial charge in [-0.3, -0.25) is 14.4 Å². The van der Waals surface area contributed by atoms with Crippen LogP contribution in [0.15, 0.2) is 118 Å². The van der Waals surface area contributed by atoms with Crippen molar-refractivity contribution in [2.75, 3.05) is 52.7 Å². The van der Waals surface area contributed by atoms with Crippen LogP contribution in [-0.4, -0.2) is 91.0 Å². The molecule has 0 aliphatic carbocycles. The van der Waals surface area contributed by atoms with Crippen molar-refractivity contribution < 1.29 is 43.2 Å². The number of nitrogens with zero attached hydrogens (tertiary/aromatic N) is 2. The van der Waals surface area contributed by atoms with E-state index in [-0.39, 0.29) is 73.1 Å². The lowest BCUT2D eigenvalue weighted by Crippen LogP contribution is -2.38. The van der Waals surface area contributed by atoms with Crippen molar-refractivity contribution in [2.24, 2.45) is 11.6 Å². The highest BCUT2D eigenvalue weighted by Gasteiger charge is 2.28. The number of phenolic OH excluding ortho intramolecular Hbond substituents is 2. The van der Waals surface area contributed by atoms with E-state index in [9.17, 15) is 29.4 Å². The van der Waals surface area contributed by atoms with Crippen molar-refractivity contribution in [3.8, 4) is 22.8 Å². The Morgan fingerprint density at radius 1 is 0.953 bits per heavy atom. The molecule has 0 saturated carbocycles. The number of benzene rings is 3. The van der Waals surface area contributed by atoms with Crippen LogP contribution >= 0.6 is 0 Å². The first-order valence-electron chi connectivity index (χ1n) is 21.5. The van der Waals surface area contributed by atoms with E-state index in [2.05, 4.69) is 25.7 Å². The van der Waals surface area contributed by atoms with Crippen molar-refractivity contribution in [3.63, 3.8) is 0 Å². The summed E-state index contributed by atoms with van der Waals surface area (Å²) in [6, 6.07) is 17.8. The molecule has 1 aliphatic heterocycles. The van der Waals surface area contributed by atoms with Gasteiger partial charge in [-0.25, -0.2) is 5.84 Å². The lowest BCUT2D eigenvalue weighted by atomic mass is 9.95. The van der Waals surface area contributed by atoms with Gasteiger partial charge in [0.05, 0.1) is 75.2 Å². The van der Waals surface area contributed by atoms with Crippen LogP contribution in [0.3, 0.4) is 0 Å². The van der Waals surface area contributed by atoms with Crippen molar-refractivity contribution in [3.05, 3.63) is 135 Å². The molecule has 2 amide bonds. The van der Waals surface area contributed by atoms with Gasteiger partial charge in [0.15, 0.2) is 16.8 Å². The van der Waals surface area contributed by atoms with Crippen LogP contribution in [0.25, 0.3) is 28.0 Å². The highest BCUT2D eigenvalue weighted by atomic mass is 16.5. The summed E-state index contributed by atoms with van der Waals surface area (Å²) >= 11 is 0. The fourth-order valence-electron chi connectivity index (χ4n) is 6.38. The largest absolute Gasteiger partial charge is 0.504 e. The molecule has 1 aliphatic rings. The number of phenols is 2. The van der Waals surface area contributed by atoms with Gasteiger partial charge >= 0.3 is 0 Å². The molecule has 3 aromatic carbocycles. The fraction of sp³-hybridized carbons (Fsp3) is 0.347. The lowest BCUT2D eigenvalue weighted by Gasteiger charge is -2.33. The number of nitrogens with one attached hydrogen (secondary N) is 1. The molecule has 344 valence electrons. The number of carbonyl (C=O) groups excluding carboxylic acids is 3. The second-order valence-corrected chi connectivity index (χ2v) is 14.0. The number of carbonyl (C=O) groups is 3. The van der Waals surface area contributed by atoms with Crippen molar-refractivity contribution in [1.82, 2.24) is 15.2 Å². The summed E-state index contributed by atoms with van der Waals surface area (Å²) in [6.07, 6.45) is 7.36. The maximum atomic E-state index is 13.3. The smallest absolute Gasteiger partial charge is 0.251 e. The molecule has 4 aromatic rings. The van der Waals surface area contributed by atoms with Gasteiger partial charge in [-0.05, 0) is 42.8 Å². The molecule has 0 saturated heterocycles. The first-order chi connectivity index (χ1) is 31.0. The highest BCUT2D eigenvalue weighted by Crippen LogP contribution is 2.35. The molecule has 0 bridgehead atoms. The molecule has 7 N–H and O–H groups in total. The number of hydrogen-bond donors (Lipinski definition) is 5. The Morgan fingerprint density at radius 3 is 2.23 bits per heavy atom. The van der Waals surface area contributed by atoms with Gasteiger partial charge in [-0.2, -0.15) is 0 Å². The Hall–Kier alpha value is -6.52. The number of hydrogen-bond acceptors (Lipinski definition) is 13. The molecule has 64 heavy (non-hydrogen) atoms. The quantitative estimate of drug-likeness (QED) is 0.0200. The second-order valence-electron chi connectivity index (χ2n) is 14.0. The predicted octanol–water partition coefficient (Wildman–Crippen LogP) is 6.93. The van der Waals surface area contributed by atoms with Crippen LogP contribution in [0, 0.1) is 0 Å². The molecular weight excluding hydrogens is 819 g/mol. The third kappa shape index (κ3) is 14.3. The average molecular weight is 882 g/mol. The standard InChI is InChI=1S/C44H49N5O10.C3H8.C2H6/c1-3-8-35-32(4-2)40(45)41(33-10-6-5-9-31(33)28-48(35)39(53)11-7-20-50)49(46)19-22-57-24-26-58-25-23-56-21-18-47-44(55)30-14-12-29(13-15-30)38-27-37(52)34-16-17-36(51)42(54)43(34)59-38;1-3-2;1-2/h3-6,8-10,12-17,20,27,51,54H,2,7,11,18-19,21-26,28,45-46H2,1H3,(H,47,55);3H2,1-2H3;1-2H3/b8-3-,35-32-,41-40-;;. The molecule has 0 atom stereocenters. The fourth-order valence-corrected chi connectivity index (χ4v) is 6.38.